The number of pyridine rings is 1. The van der Waals surface area contributed by atoms with Crippen molar-refractivity contribution in [1.82, 2.24) is 14.1 Å². The molecule has 6 nitrogen and oxygen atoms in total. The second-order valence-electron chi connectivity index (χ2n) is 17.2. The van der Waals surface area contributed by atoms with Crippen LogP contribution in [-0.2, 0) is 5.41 Å². The standard InChI is InChI=1S/C57H47N5O/c1-39-31-54(58-37-51(39)41-19-10-6-11-20-41)62-53-36-47(27-28-50(53)55-56(62)49-25-14-15-26-52(49)61(55)44-22-12-7-13-23-44)63-48-33-42(40-17-8-5-9-18-40)32-46(35-48)60-30-29-59(38-60)45-24-16-21-43(34-45)57(2,3)4/h5-37H,38H2,1-4H3/i1D3. The van der Waals surface area contributed by atoms with Crippen molar-refractivity contribution in [3.8, 4) is 45.3 Å². The monoisotopic (exact) mass is 820 g/mol. The Bertz CT molecular complexity index is 3460. The lowest BCUT2D eigenvalue weighted by Gasteiger charge is -2.25. The van der Waals surface area contributed by atoms with E-state index >= 15 is 0 Å². The Morgan fingerprint density at radius 3 is 1.95 bits per heavy atom. The van der Waals surface area contributed by atoms with Crippen molar-refractivity contribution in [2.75, 3.05) is 16.5 Å². The van der Waals surface area contributed by atoms with Gasteiger partial charge < -0.3 is 19.1 Å². The lowest BCUT2D eigenvalue weighted by Crippen LogP contribution is -2.25. The van der Waals surface area contributed by atoms with Crippen molar-refractivity contribution in [3.05, 3.63) is 212 Å². The number of ether oxygens (including phenoxy) is 1. The third-order valence-corrected chi connectivity index (χ3v) is 12.1. The summed E-state index contributed by atoms with van der Waals surface area (Å²) in [6.07, 6.45) is 5.96. The van der Waals surface area contributed by atoms with Gasteiger partial charge >= 0.3 is 0 Å². The summed E-state index contributed by atoms with van der Waals surface area (Å²) < 4.78 is 37.5. The first-order valence-corrected chi connectivity index (χ1v) is 21.4. The number of aryl methyl sites for hydroxylation is 1. The van der Waals surface area contributed by atoms with Crippen molar-refractivity contribution in [3.63, 3.8) is 0 Å². The number of rotatable bonds is 8. The fourth-order valence-corrected chi connectivity index (χ4v) is 8.92. The molecule has 0 aliphatic carbocycles. The van der Waals surface area contributed by atoms with E-state index in [1.807, 2.05) is 66.7 Å². The van der Waals surface area contributed by atoms with E-state index in [1.165, 1.54) is 5.56 Å². The Morgan fingerprint density at radius 2 is 1.19 bits per heavy atom. The van der Waals surface area contributed by atoms with Crippen molar-refractivity contribution in [2.24, 2.45) is 0 Å². The predicted molar refractivity (Wildman–Crippen MR) is 262 cm³/mol. The minimum Gasteiger partial charge on any atom is -0.457 e. The van der Waals surface area contributed by atoms with Gasteiger partial charge in [0.05, 0.1) is 28.7 Å². The first-order valence-electron chi connectivity index (χ1n) is 22.9. The maximum Gasteiger partial charge on any atom is 0.137 e. The molecule has 11 rings (SSSR count). The van der Waals surface area contributed by atoms with Crippen LogP contribution >= 0.6 is 0 Å². The van der Waals surface area contributed by atoms with Crippen LogP contribution in [0.15, 0.2) is 201 Å². The minimum atomic E-state index is -2.41. The Hall–Kier alpha value is -7.83. The van der Waals surface area contributed by atoms with Gasteiger partial charge in [-0.2, -0.15) is 0 Å². The molecule has 3 aromatic heterocycles. The molecular formula is C57H47N5O. The van der Waals surface area contributed by atoms with Gasteiger partial charge in [-0.25, -0.2) is 4.98 Å². The summed E-state index contributed by atoms with van der Waals surface area (Å²) in [7, 11) is 0. The molecule has 0 N–H and O–H groups in total. The molecule has 7 aromatic carbocycles. The molecule has 0 bridgehead atoms. The first-order chi connectivity index (χ1) is 32.0. The quantitative estimate of drug-likeness (QED) is 0.153. The number of nitrogens with zero attached hydrogens (tertiary/aromatic N) is 5. The molecule has 0 spiro atoms. The summed E-state index contributed by atoms with van der Waals surface area (Å²) in [5, 5.41) is 1.98. The molecule has 0 amide bonds. The second kappa shape index (κ2) is 15.3. The fourth-order valence-electron chi connectivity index (χ4n) is 8.92. The minimum absolute atomic E-state index is 0.0378. The van der Waals surface area contributed by atoms with E-state index in [-0.39, 0.29) is 11.0 Å². The van der Waals surface area contributed by atoms with Crippen molar-refractivity contribution >= 4 is 44.2 Å². The van der Waals surface area contributed by atoms with Gasteiger partial charge in [-0.15, -0.1) is 0 Å². The van der Waals surface area contributed by atoms with Crippen LogP contribution in [0.25, 0.3) is 66.6 Å². The van der Waals surface area contributed by atoms with E-state index in [9.17, 15) is 0 Å². The number of benzene rings is 7. The Morgan fingerprint density at radius 1 is 0.524 bits per heavy atom. The Labute approximate surface area is 372 Å². The summed E-state index contributed by atoms with van der Waals surface area (Å²) >= 11 is 0. The predicted octanol–water partition coefficient (Wildman–Crippen LogP) is 14.6. The average molecular weight is 821 g/mol. The van der Waals surface area contributed by atoms with E-state index in [4.69, 9.17) is 13.8 Å². The highest BCUT2D eigenvalue weighted by atomic mass is 16.5. The molecular weight excluding hydrogens is 771 g/mol. The van der Waals surface area contributed by atoms with E-state index in [0.717, 1.165) is 66.6 Å². The summed E-state index contributed by atoms with van der Waals surface area (Å²) in [5.41, 5.74) is 12.0. The molecule has 0 atom stereocenters. The summed E-state index contributed by atoms with van der Waals surface area (Å²) in [6.45, 7) is 4.96. The zero-order valence-electron chi connectivity index (χ0n) is 38.4. The molecule has 10 aromatic rings. The second-order valence-corrected chi connectivity index (χ2v) is 17.2. The summed E-state index contributed by atoms with van der Waals surface area (Å²) in [4.78, 5) is 9.57. The third-order valence-electron chi connectivity index (χ3n) is 12.1. The number of hydrogen-bond acceptors (Lipinski definition) is 4. The van der Waals surface area contributed by atoms with E-state index < -0.39 is 6.85 Å². The van der Waals surface area contributed by atoms with Gasteiger partial charge in [-0.3, -0.25) is 4.57 Å². The highest BCUT2D eigenvalue weighted by Gasteiger charge is 2.24. The van der Waals surface area contributed by atoms with Gasteiger partial charge in [0.25, 0.3) is 0 Å². The smallest absolute Gasteiger partial charge is 0.137 e. The summed E-state index contributed by atoms with van der Waals surface area (Å²) in [5.74, 6) is 1.81. The van der Waals surface area contributed by atoms with Gasteiger partial charge in [-0.05, 0) is 101 Å². The SMILES string of the molecule is [2H]C([2H])([2H])c1cc(-n2c3cc(Oc4cc(-c5ccccc5)cc(N5C=CN(c6cccc(C(C)(C)C)c6)C5)c4)ccc3c3c2c2ccccc2n3-c2ccccc2)ncc1-c1ccccc1. The molecule has 6 heteroatoms. The highest BCUT2D eigenvalue weighted by Crippen LogP contribution is 2.43. The molecule has 63 heavy (non-hydrogen) atoms. The molecule has 0 saturated carbocycles. The van der Waals surface area contributed by atoms with Crippen molar-refractivity contribution in [1.29, 1.82) is 0 Å². The third kappa shape index (κ3) is 6.90. The van der Waals surface area contributed by atoms with Crippen molar-refractivity contribution < 1.29 is 8.85 Å². The molecule has 0 unspecified atom stereocenters. The average Bonchev–Trinajstić information content (AvgIpc) is 4.05. The molecule has 306 valence electrons. The fraction of sp³-hybridized carbons (Fsp3) is 0.105. The van der Waals surface area contributed by atoms with Crippen LogP contribution in [0.3, 0.4) is 0 Å². The number of hydrogen-bond donors (Lipinski definition) is 0. The van der Waals surface area contributed by atoms with Crippen LogP contribution in [0.1, 0.15) is 36.0 Å². The normalized spacial score (nSPS) is 13.8. The maximum atomic E-state index is 8.72. The maximum absolute atomic E-state index is 8.72. The number of fused-ring (bicyclic) bond motifs is 5. The Kier molecular flexibility index (Phi) is 8.44. The van der Waals surface area contributed by atoms with Gasteiger partial charge in [0.2, 0.25) is 0 Å². The summed E-state index contributed by atoms with van der Waals surface area (Å²) in [6, 6.07) is 61.7. The molecule has 0 fully saturated rings. The lowest BCUT2D eigenvalue weighted by atomic mass is 9.87. The van der Waals surface area contributed by atoms with Crippen LogP contribution in [0.4, 0.5) is 11.4 Å². The molecule has 1 aliphatic rings. The largest absolute Gasteiger partial charge is 0.457 e. The van der Waals surface area contributed by atoms with E-state index in [1.54, 1.807) is 12.3 Å². The van der Waals surface area contributed by atoms with Gasteiger partial charge in [0.1, 0.15) is 17.3 Å². The van der Waals surface area contributed by atoms with Gasteiger partial charge in [-0.1, -0.05) is 130 Å². The number of aromatic nitrogens is 3. The van der Waals surface area contributed by atoms with Crippen LogP contribution in [0, 0.1) is 6.85 Å². The van der Waals surface area contributed by atoms with Crippen molar-refractivity contribution in [2.45, 2.75) is 33.0 Å². The topological polar surface area (TPSA) is 38.5 Å². The lowest BCUT2D eigenvalue weighted by molar-refractivity contribution is 0.483. The molecule has 1 aliphatic heterocycles. The molecule has 4 heterocycles. The van der Waals surface area contributed by atoms with Crippen LogP contribution < -0.4 is 14.5 Å². The van der Waals surface area contributed by atoms with Gasteiger partial charge in [0, 0.05) is 68.2 Å². The zero-order valence-corrected chi connectivity index (χ0v) is 35.4. The van der Waals surface area contributed by atoms with Crippen LogP contribution in [0.5, 0.6) is 11.5 Å². The molecule has 0 radical (unpaired) electrons. The van der Waals surface area contributed by atoms with Crippen LogP contribution in [-0.4, -0.2) is 20.8 Å². The molecule has 0 saturated heterocycles. The number of anilines is 2. The van der Waals surface area contributed by atoms with Gasteiger partial charge in [0.15, 0.2) is 0 Å². The Balaban J connectivity index is 1.07. The van der Waals surface area contributed by atoms with E-state index in [2.05, 4.69) is 161 Å². The highest BCUT2D eigenvalue weighted by molar-refractivity contribution is 6.20. The van der Waals surface area contributed by atoms with Crippen LogP contribution in [0.2, 0.25) is 0 Å². The number of para-hydroxylation sites is 2. The van der Waals surface area contributed by atoms with E-state index in [0.29, 0.717) is 29.5 Å². The first kappa shape index (κ1) is 34.8. The zero-order chi connectivity index (χ0) is 45.2.